The number of phenols is 1. The van der Waals surface area contributed by atoms with Crippen LogP contribution in [0.4, 0.5) is 0 Å². The fourth-order valence-corrected chi connectivity index (χ4v) is 6.22. The van der Waals surface area contributed by atoms with Gasteiger partial charge in [-0.1, -0.05) is 25.8 Å². The second-order valence-corrected chi connectivity index (χ2v) is 8.30. The molecule has 0 amide bonds. The molecule has 2 nitrogen and oxygen atoms in total. The van der Waals surface area contributed by atoms with Gasteiger partial charge in [-0.25, -0.2) is 0 Å². The molecule has 2 saturated carbocycles. The highest BCUT2D eigenvalue weighted by atomic mass is 16.3. The van der Waals surface area contributed by atoms with Gasteiger partial charge in [-0.15, -0.1) is 6.42 Å². The van der Waals surface area contributed by atoms with Crippen molar-refractivity contribution in [3.63, 3.8) is 0 Å². The molecule has 0 heterocycles. The van der Waals surface area contributed by atoms with Crippen molar-refractivity contribution in [2.75, 3.05) is 0 Å². The minimum atomic E-state index is -0.960. The van der Waals surface area contributed by atoms with Gasteiger partial charge in [0.15, 0.2) is 0 Å². The van der Waals surface area contributed by atoms with E-state index in [2.05, 4.69) is 25.8 Å². The van der Waals surface area contributed by atoms with E-state index in [1.54, 1.807) is 0 Å². The largest absolute Gasteiger partial charge is 0.508 e. The van der Waals surface area contributed by atoms with Crippen LogP contribution in [0.2, 0.25) is 0 Å². The predicted octanol–water partition coefficient (Wildman–Crippen LogP) is 3.86. The number of terminal acetylenes is 1. The number of phenolic OH excluding ortho intramolecular Hbond substituents is 1. The summed E-state index contributed by atoms with van der Waals surface area (Å²) >= 11 is 0. The molecule has 1 aromatic carbocycles. The average Bonchev–Trinajstić information content (AvgIpc) is 2.75. The molecule has 1 aromatic rings. The molecule has 2 heteroatoms. The summed E-state index contributed by atoms with van der Waals surface area (Å²) in [7, 11) is 0. The van der Waals surface area contributed by atoms with Crippen LogP contribution in [-0.4, -0.2) is 15.8 Å². The second-order valence-electron chi connectivity index (χ2n) is 8.30. The van der Waals surface area contributed by atoms with E-state index in [1.165, 1.54) is 11.1 Å². The average molecular weight is 310 g/mol. The van der Waals surface area contributed by atoms with E-state index in [9.17, 15) is 10.2 Å². The molecule has 4 rings (SSSR count). The minimum Gasteiger partial charge on any atom is -0.508 e. The zero-order valence-corrected chi connectivity index (χ0v) is 14.0. The van der Waals surface area contributed by atoms with Crippen LogP contribution in [-0.2, 0) is 6.42 Å². The van der Waals surface area contributed by atoms with Gasteiger partial charge in [0.1, 0.15) is 11.4 Å². The Kier molecular flexibility index (Phi) is 3.13. The lowest BCUT2D eigenvalue weighted by molar-refractivity contribution is -0.0777. The molecule has 2 fully saturated rings. The lowest BCUT2D eigenvalue weighted by atomic mass is 9.53. The summed E-state index contributed by atoms with van der Waals surface area (Å²) in [5.74, 6) is 4.98. The van der Waals surface area contributed by atoms with Gasteiger partial charge in [-0.2, -0.15) is 0 Å². The van der Waals surface area contributed by atoms with Gasteiger partial charge < -0.3 is 10.2 Å². The van der Waals surface area contributed by atoms with E-state index in [1.807, 2.05) is 12.1 Å². The van der Waals surface area contributed by atoms with Crippen molar-refractivity contribution in [2.45, 2.75) is 57.5 Å². The number of fused-ring (bicyclic) bond motifs is 5. The van der Waals surface area contributed by atoms with Crippen LogP contribution < -0.4 is 0 Å². The Balaban J connectivity index is 1.74. The van der Waals surface area contributed by atoms with Crippen LogP contribution in [0.5, 0.6) is 5.75 Å². The summed E-state index contributed by atoms with van der Waals surface area (Å²) in [6.45, 7) is 4.34. The number of aliphatic hydroxyl groups is 1. The zero-order valence-electron chi connectivity index (χ0n) is 14.0. The molecule has 1 unspecified atom stereocenters. The Hall–Kier alpha value is -1.46. The molecular weight excluding hydrogens is 284 g/mol. The molecule has 2 N–H and O–H groups in total. The van der Waals surface area contributed by atoms with Gasteiger partial charge in [-0.05, 0) is 79.0 Å². The van der Waals surface area contributed by atoms with Crippen molar-refractivity contribution in [1.29, 1.82) is 0 Å². The summed E-state index contributed by atoms with van der Waals surface area (Å²) in [6, 6.07) is 5.88. The van der Waals surface area contributed by atoms with E-state index in [0.29, 0.717) is 23.5 Å². The van der Waals surface area contributed by atoms with Gasteiger partial charge in [0.05, 0.1) is 0 Å². The molecule has 3 aliphatic rings. The summed E-state index contributed by atoms with van der Waals surface area (Å²) in [5, 5.41) is 20.9. The van der Waals surface area contributed by atoms with Crippen LogP contribution in [0.1, 0.15) is 56.6 Å². The highest BCUT2D eigenvalue weighted by molar-refractivity contribution is 5.40. The molecule has 3 aliphatic carbocycles. The monoisotopic (exact) mass is 310 g/mol. The molecule has 122 valence electrons. The highest BCUT2D eigenvalue weighted by Crippen LogP contribution is 2.65. The first-order valence-electron chi connectivity index (χ1n) is 8.92. The smallest absolute Gasteiger partial charge is 0.133 e. The molecule has 23 heavy (non-hydrogen) atoms. The third-order valence-electron chi connectivity index (χ3n) is 7.51. The first-order chi connectivity index (χ1) is 10.9. The lowest BCUT2D eigenvalue weighted by Gasteiger charge is -2.52. The van der Waals surface area contributed by atoms with Crippen molar-refractivity contribution in [2.24, 2.45) is 23.2 Å². The van der Waals surface area contributed by atoms with Crippen molar-refractivity contribution >= 4 is 0 Å². The topological polar surface area (TPSA) is 40.5 Å². The molecule has 0 bridgehead atoms. The normalized spacial score (nSPS) is 44.8. The molecule has 6 atom stereocenters. The maximum absolute atomic E-state index is 11.2. The van der Waals surface area contributed by atoms with Crippen LogP contribution in [0, 0.1) is 35.5 Å². The van der Waals surface area contributed by atoms with E-state index in [0.717, 1.165) is 32.1 Å². The molecule has 0 saturated heterocycles. The molecule has 0 radical (unpaired) electrons. The Morgan fingerprint density at radius 2 is 2.09 bits per heavy atom. The molecular formula is C21H26O2. The number of hydrogen-bond donors (Lipinski definition) is 2. The van der Waals surface area contributed by atoms with Gasteiger partial charge in [-0.3, -0.25) is 0 Å². The molecule has 0 spiro atoms. The number of aromatic hydroxyl groups is 1. The Bertz CT molecular complexity index is 688. The van der Waals surface area contributed by atoms with Crippen molar-refractivity contribution < 1.29 is 10.2 Å². The van der Waals surface area contributed by atoms with Gasteiger partial charge in [0.2, 0.25) is 0 Å². The fourth-order valence-electron chi connectivity index (χ4n) is 6.22. The van der Waals surface area contributed by atoms with Crippen molar-refractivity contribution in [3.8, 4) is 18.1 Å². The zero-order chi connectivity index (χ0) is 16.4. The minimum absolute atomic E-state index is 0.156. The van der Waals surface area contributed by atoms with Crippen LogP contribution in [0.15, 0.2) is 18.2 Å². The maximum atomic E-state index is 11.2. The van der Waals surface area contributed by atoms with Crippen molar-refractivity contribution in [3.05, 3.63) is 29.3 Å². The van der Waals surface area contributed by atoms with Gasteiger partial charge in [0.25, 0.3) is 0 Å². The van der Waals surface area contributed by atoms with Crippen LogP contribution in [0.3, 0.4) is 0 Å². The summed E-state index contributed by atoms with van der Waals surface area (Å²) < 4.78 is 0. The van der Waals surface area contributed by atoms with E-state index in [4.69, 9.17) is 6.42 Å². The van der Waals surface area contributed by atoms with Crippen molar-refractivity contribution in [1.82, 2.24) is 0 Å². The van der Waals surface area contributed by atoms with Gasteiger partial charge in [0, 0.05) is 5.41 Å². The standard InChI is InChI=1S/C21H26O2/c1-4-21(23)13(2)11-19-18-7-5-14-12-15(22)6-8-16(14)17(18)9-10-20(19,21)3/h1,6,8,12-13,17-19,22-23H,5,7,9-11H2,2-3H3/t13?,17-,18-,19+,20+,21+/m1/s1. The van der Waals surface area contributed by atoms with Crippen LogP contribution in [0.25, 0.3) is 0 Å². The Labute approximate surface area is 138 Å². The molecule has 0 aliphatic heterocycles. The number of aryl methyl sites for hydroxylation is 1. The van der Waals surface area contributed by atoms with Gasteiger partial charge >= 0.3 is 0 Å². The highest BCUT2D eigenvalue weighted by Gasteiger charge is 2.64. The third kappa shape index (κ3) is 1.81. The Morgan fingerprint density at radius 1 is 1.30 bits per heavy atom. The SMILES string of the molecule is C#C[C@]1(O)C(C)C[C@H]2[C@@H]3CCc4cc(O)ccc4[C@H]3CC[C@@]21C. The fraction of sp³-hybridized carbons (Fsp3) is 0.619. The summed E-state index contributed by atoms with van der Waals surface area (Å²) in [5.41, 5.74) is 1.62. The number of hydrogen-bond acceptors (Lipinski definition) is 2. The van der Waals surface area contributed by atoms with E-state index >= 15 is 0 Å². The van der Waals surface area contributed by atoms with E-state index in [-0.39, 0.29) is 11.3 Å². The number of rotatable bonds is 0. The second kappa shape index (κ2) is 4.77. The maximum Gasteiger partial charge on any atom is 0.133 e. The number of benzene rings is 1. The summed E-state index contributed by atoms with van der Waals surface area (Å²) in [4.78, 5) is 0. The predicted molar refractivity (Wildman–Crippen MR) is 91.1 cm³/mol. The Morgan fingerprint density at radius 3 is 2.83 bits per heavy atom. The summed E-state index contributed by atoms with van der Waals surface area (Å²) in [6.07, 6.45) is 11.1. The lowest BCUT2D eigenvalue weighted by Crippen LogP contribution is -2.51. The third-order valence-corrected chi connectivity index (χ3v) is 7.51. The quantitative estimate of drug-likeness (QED) is 0.714. The van der Waals surface area contributed by atoms with Crippen LogP contribution >= 0.6 is 0 Å². The first-order valence-corrected chi connectivity index (χ1v) is 8.92. The molecule has 0 aromatic heterocycles. The van der Waals surface area contributed by atoms with E-state index < -0.39 is 5.60 Å². The first kappa shape index (κ1) is 15.1.